The molecule has 3 rings (SSSR count). The number of benzene rings is 2. The quantitative estimate of drug-likeness (QED) is 0.241. The van der Waals surface area contributed by atoms with Crippen LogP contribution in [0.15, 0.2) is 60.2 Å². The van der Waals surface area contributed by atoms with E-state index in [0.29, 0.717) is 25.9 Å². The minimum Gasteiger partial charge on any atom is -0.449 e. The number of ketones is 1. The lowest BCUT2D eigenvalue weighted by Gasteiger charge is -2.21. The van der Waals surface area contributed by atoms with Crippen molar-refractivity contribution in [2.75, 3.05) is 13.2 Å². The van der Waals surface area contributed by atoms with E-state index in [-0.39, 0.29) is 30.3 Å². The van der Waals surface area contributed by atoms with Crippen LogP contribution >= 0.6 is 0 Å². The zero-order valence-electron chi connectivity index (χ0n) is 22.4. The third kappa shape index (κ3) is 7.54. The van der Waals surface area contributed by atoms with Crippen molar-refractivity contribution in [3.8, 4) is 11.1 Å². The number of fused-ring (bicyclic) bond motifs is 3. The molecule has 0 heterocycles. The van der Waals surface area contributed by atoms with Gasteiger partial charge in [-0.15, -0.1) is 0 Å². The first-order chi connectivity index (χ1) is 17.3. The van der Waals surface area contributed by atoms with Crippen molar-refractivity contribution in [1.29, 1.82) is 0 Å². The molecule has 0 bridgehead atoms. The van der Waals surface area contributed by atoms with Crippen LogP contribution < -0.4 is 5.32 Å². The van der Waals surface area contributed by atoms with Crippen molar-refractivity contribution in [3.63, 3.8) is 0 Å². The van der Waals surface area contributed by atoms with Crippen LogP contribution in [-0.4, -0.2) is 37.2 Å². The lowest BCUT2D eigenvalue weighted by molar-refractivity contribution is -0.121. The van der Waals surface area contributed by atoms with Crippen molar-refractivity contribution in [3.05, 3.63) is 71.3 Å². The van der Waals surface area contributed by atoms with Gasteiger partial charge in [-0.3, -0.25) is 4.79 Å². The molecule has 0 fully saturated rings. The first-order valence-corrected chi connectivity index (χ1v) is 13.2. The van der Waals surface area contributed by atoms with Gasteiger partial charge in [-0.2, -0.15) is 0 Å². The maximum atomic E-state index is 12.9. The van der Waals surface area contributed by atoms with Crippen molar-refractivity contribution in [1.82, 2.24) is 5.32 Å². The number of allylic oxidation sites excluding steroid dienone is 1. The summed E-state index contributed by atoms with van der Waals surface area (Å²) >= 11 is 0. The zero-order chi connectivity index (χ0) is 26.1. The fourth-order valence-corrected chi connectivity index (χ4v) is 4.78. The molecule has 2 atom stereocenters. The van der Waals surface area contributed by atoms with E-state index in [2.05, 4.69) is 49.5 Å². The summed E-state index contributed by atoms with van der Waals surface area (Å²) in [6.07, 6.45) is 4.19. The predicted octanol–water partition coefficient (Wildman–Crippen LogP) is 7.05. The number of hydrogen-bond donors (Lipinski definition) is 1. The second kappa shape index (κ2) is 13.4. The van der Waals surface area contributed by atoms with Gasteiger partial charge >= 0.3 is 6.09 Å². The second-order valence-electron chi connectivity index (χ2n) is 10.2. The van der Waals surface area contributed by atoms with E-state index in [1.54, 1.807) is 0 Å². The minimum atomic E-state index is -0.555. The van der Waals surface area contributed by atoms with E-state index in [4.69, 9.17) is 9.47 Å². The predicted molar refractivity (Wildman–Crippen MR) is 145 cm³/mol. The number of hydrogen-bond acceptors (Lipinski definition) is 4. The largest absolute Gasteiger partial charge is 0.449 e. The number of rotatable bonds is 13. The fourth-order valence-electron chi connectivity index (χ4n) is 4.78. The van der Waals surface area contributed by atoms with Gasteiger partial charge in [-0.05, 0) is 61.3 Å². The summed E-state index contributed by atoms with van der Waals surface area (Å²) in [4.78, 5) is 25.7. The highest BCUT2D eigenvalue weighted by Crippen LogP contribution is 2.44. The second-order valence-corrected chi connectivity index (χ2v) is 10.2. The number of carbonyl (C=O) groups is 2. The molecule has 0 aliphatic heterocycles. The molecule has 1 N–H and O–H groups in total. The molecule has 0 saturated heterocycles. The molecule has 1 aliphatic rings. The van der Waals surface area contributed by atoms with Gasteiger partial charge in [0.05, 0.1) is 12.1 Å². The Bertz CT molecular complexity index is 1010. The highest BCUT2D eigenvalue weighted by molar-refractivity contribution is 5.87. The van der Waals surface area contributed by atoms with Crippen molar-refractivity contribution in [2.24, 2.45) is 5.92 Å². The molecule has 0 radical (unpaired) electrons. The summed E-state index contributed by atoms with van der Waals surface area (Å²) in [5.41, 5.74) is 6.00. The summed E-state index contributed by atoms with van der Waals surface area (Å²) in [5.74, 6) is 0.284. The van der Waals surface area contributed by atoms with Crippen LogP contribution in [0.5, 0.6) is 0 Å². The lowest BCUT2D eigenvalue weighted by atomic mass is 9.98. The third-order valence-corrected chi connectivity index (χ3v) is 6.76. The van der Waals surface area contributed by atoms with E-state index in [9.17, 15) is 9.59 Å². The molecular formula is C31H41NO4. The van der Waals surface area contributed by atoms with Crippen molar-refractivity contribution in [2.45, 2.75) is 78.4 Å². The smallest absolute Gasteiger partial charge is 0.407 e. The average Bonchev–Trinajstić information content (AvgIpc) is 3.18. The Morgan fingerprint density at radius 3 is 2.19 bits per heavy atom. The topological polar surface area (TPSA) is 64.6 Å². The molecule has 2 aromatic carbocycles. The van der Waals surface area contributed by atoms with Gasteiger partial charge in [-0.25, -0.2) is 4.79 Å². The summed E-state index contributed by atoms with van der Waals surface area (Å²) in [7, 11) is 0. The van der Waals surface area contributed by atoms with E-state index in [1.165, 1.54) is 27.8 Å². The van der Waals surface area contributed by atoms with E-state index >= 15 is 0 Å². The first kappa shape index (κ1) is 27.7. The van der Waals surface area contributed by atoms with E-state index < -0.39 is 12.1 Å². The molecule has 2 aromatic rings. The Morgan fingerprint density at radius 2 is 1.61 bits per heavy atom. The molecule has 1 aliphatic carbocycles. The molecule has 194 valence electrons. The minimum absolute atomic E-state index is 0.00747. The van der Waals surface area contributed by atoms with Gasteiger partial charge in [0.1, 0.15) is 6.61 Å². The number of carbonyl (C=O) groups excluding carboxylic acids is 2. The summed E-state index contributed by atoms with van der Waals surface area (Å²) in [5, 5.41) is 2.84. The Balaban J connectivity index is 1.53. The highest BCUT2D eigenvalue weighted by atomic mass is 16.5. The Hall–Kier alpha value is -2.92. The average molecular weight is 492 g/mol. The molecular weight excluding hydrogens is 450 g/mol. The highest BCUT2D eigenvalue weighted by Gasteiger charge is 2.29. The molecule has 0 aromatic heterocycles. The lowest BCUT2D eigenvalue weighted by Crippen LogP contribution is -2.42. The maximum absolute atomic E-state index is 12.9. The number of ether oxygens (including phenoxy) is 2. The van der Waals surface area contributed by atoms with Crippen LogP contribution in [0, 0.1) is 5.92 Å². The van der Waals surface area contributed by atoms with Crippen LogP contribution in [0.2, 0.25) is 0 Å². The summed E-state index contributed by atoms with van der Waals surface area (Å²) in [6.45, 7) is 11.1. The Kier molecular flexibility index (Phi) is 10.3. The van der Waals surface area contributed by atoms with Crippen LogP contribution in [0.25, 0.3) is 11.1 Å². The molecule has 5 nitrogen and oxygen atoms in total. The van der Waals surface area contributed by atoms with E-state index in [1.807, 2.05) is 45.0 Å². The number of Topliss-reactive ketones (excluding diaryl/α,β-unsaturated/α-hetero) is 1. The van der Waals surface area contributed by atoms with Gasteiger partial charge in [0, 0.05) is 18.9 Å². The maximum Gasteiger partial charge on any atom is 0.407 e. The normalized spacial score (nSPS) is 14.8. The fraction of sp³-hybridized carbons (Fsp3) is 0.484. The number of amides is 1. The van der Waals surface area contributed by atoms with E-state index in [0.717, 1.165) is 6.42 Å². The molecule has 2 unspecified atom stereocenters. The van der Waals surface area contributed by atoms with Gasteiger partial charge in [0.25, 0.3) is 0 Å². The molecule has 5 heteroatoms. The molecule has 1 amide bonds. The number of alkyl carbamates (subject to hydrolysis) is 1. The third-order valence-electron chi connectivity index (χ3n) is 6.76. The van der Waals surface area contributed by atoms with Gasteiger partial charge in [0.2, 0.25) is 0 Å². The van der Waals surface area contributed by atoms with Crippen molar-refractivity contribution < 1.29 is 19.1 Å². The van der Waals surface area contributed by atoms with Gasteiger partial charge in [-0.1, -0.05) is 81.0 Å². The molecule has 0 saturated carbocycles. The van der Waals surface area contributed by atoms with Crippen LogP contribution in [0.4, 0.5) is 4.79 Å². The monoisotopic (exact) mass is 491 g/mol. The SMILES string of the molecule is CC/C(C)=C\C(C)OCCCC(=O)C(CC(C)C)NC(=O)OCC1c2ccccc2-c2ccccc21. The van der Waals surface area contributed by atoms with Crippen LogP contribution in [0.1, 0.15) is 77.3 Å². The summed E-state index contributed by atoms with van der Waals surface area (Å²) < 4.78 is 11.5. The summed E-state index contributed by atoms with van der Waals surface area (Å²) in [6, 6.07) is 15.9. The Labute approximate surface area is 216 Å². The van der Waals surface area contributed by atoms with Crippen LogP contribution in [-0.2, 0) is 14.3 Å². The zero-order valence-corrected chi connectivity index (χ0v) is 22.4. The van der Waals surface area contributed by atoms with Crippen LogP contribution in [0.3, 0.4) is 0 Å². The first-order valence-electron chi connectivity index (χ1n) is 13.2. The van der Waals surface area contributed by atoms with Crippen molar-refractivity contribution >= 4 is 11.9 Å². The van der Waals surface area contributed by atoms with Gasteiger partial charge < -0.3 is 14.8 Å². The molecule has 36 heavy (non-hydrogen) atoms. The standard InChI is InChI=1S/C31H41NO4/c1-6-22(4)19-23(5)35-17-11-16-30(33)29(18-21(2)3)32-31(34)36-20-28-26-14-9-7-12-24(26)25-13-8-10-15-27(25)28/h7-10,12-15,19,21,23,28-29H,6,11,16-18,20H2,1-5H3,(H,32,34)/b22-19-. The molecule has 0 spiro atoms. The number of nitrogens with one attached hydrogen (secondary N) is 1. The Morgan fingerprint density at radius 1 is 1.00 bits per heavy atom. The van der Waals surface area contributed by atoms with Gasteiger partial charge in [0.15, 0.2) is 5.78 Å².